The summed E-state index contributed by atoms with van der Waals surface area (Å²) in [6.45, 7) is 3.70. The van der Waals surface area contributed by atoms with E-state index in [1.54, 1.807) is 43.7 Å². The number of amides is 1. The first kappa shape index (κ1) is 21.0. The van der Waals surface area contributed by atoms with Crippen molar-refractivity contribution in [2.24, 2.45) is 0 Å². The van der Waals surface area contributed by atoms with Crippen LogP contribution in [-0.2, 0) is 10.2 Å². The Hall–Kier alpha value is -3.20. The van der Waals surface area contributed by atoms with Gasteiger partial charge < -0.3 is 10.1 Å². The quantitative estimate of drug-likeness (QED) is 0.509. The molecule has 0 aliphatic heterocycles. The highest BCUT2D eigenvalue weighted by Gasteiger charge is 2.32. The fraction of sp³-hybridized carbons (Fsp3) is 0.318. The largest absolute Gasteiger partial charge is 0.480 e. The minimum Gasteiger partial charge on any atom is -0.480 e. The van der Waals surface area contributed by atoms with Gasteiger partial charge in [0.15, 0.2) is 0 Å². The monoisotopic (exact) mass is 436 g/mol. The zero-order chi connectivity index (χ0) is 21.8. The summed E-state index contributed by atoms with van der Waals surface area (Å²) in [4.78, 5) is 30.3. The number of ether oxygens (including phenoxy) is 1. The first-order chi connectivity index (χ1) is 15.0. The molecule has 31 heavy (non-hydrogen) atoms. The van der Waals surface area contributed by atoms with E-state index in [0.29, 0.717) is 34.2 Å². The van der Waals surface area contributed by atoms with Gasteiger partial charge in [-0.1, -0.05) is 12.1 Å². The van der Waals surface area contributed by atoms with Gasteiger partial charge in [-0.05, 0) is 56.8 Å². The van der Waals surface area contributed by atoms with Crippen LogP contribution in [-0.4, -0.2) is 38.2 Å². The first-order valence-corrected chi connectivity index (χ1v) is 10.9. The van der Waals surface area contributed by atoms with Gasteiger partial charge in [0.25, 0.3) is 0 Å². The number of hydrogen-bond acceptors (Lipinski definition) is 8. The van der Waals surface area contributed by atoms with E-state index in [2.05, 4.69) is 30.0 Å². The number of nitrogens with one attached hydrogen (secondary N) is 2. The Balaban J connectivity index is 1.44. The Morgan fingerprint density at radius 2 is 1.90 bits per heavy atom. The number of carbonyl (C=O) groups excluding carboxylic acids is 1. The highest BCUT2D eigenvalue weighted by molar-refractivity contribution is 8.01. The summed E-state index contributed by atoms with van der Waals surface area (Å²) in [7, 11) is 1.55. The van der Waals surface area contributed by atoms with Crippen LogP contribution >= 0.6 is 11.9 Å². The van der Waals surface area contributed by atoms with Gasteiger partial charge >= 0.3 is 0 Å². The molecule has 0 atom stereocenters. The number of methoxy groups -OCH3 is 1. The number of nitrogens with zero attached hydrogens (tertiary/aromatic N) is 4. The number of rotatable bonds is 8. The van der Waals surface area contributed by atoms with E-state index in [1.165, 1.54) is 12.8 Å². The Labute approximate surface area is 185 Å². The maximum atomic E-state index is 13.0. The van der Waals surface area contributed by atoms with E-state index in [1.807, 2.05) is 38.1 Å². The Bertz CT molecular complexity index is 1070. The van der Waals surface area contributed by atoms with Crippen LogP contribution in [0.3, 0.4) is 0 Å². The summed E-state index contributed by atoms with van der Waals surface area (Å²) in [6.07, 6.45) is 7.33. The van der Waals surface area contributed by atoms with Crippen molar-refractivity contribution in [1.29, 1.82) is 0 Å². The third kappa shape index (κ3) is 5.11. The van der Waals surface area contributed by atoms with Crippen LogP contribution in [0.2, 0.25) is 0 Å². The molecule has 8 nitrogen and oxygen atoms in total. The fourth-order valence-corrected chi connectivity index (χ4v) is 3.53. The molecule has 0 bridgehead atoms. The zero-order valence-corrected chi connectivity index (χ0v) is 18.4. The molecular formula is C22H24N6O2S. The molecule has 1 fully saturated rings. The number of anilines is 2. The van der Waals surface area contributed by atoms with Gasteiger partial charge in [0.1, 0.15) is 0 Å². The molecule has 0 spiro atoms. The van der Waals surface area contributed by atoms with E-state index < -0.39 is 5.41 Å². The standard InChI is InChI=1S/C22H24N6O2S/c1-22(2,18-10-11-24-21(27-18)28-31-16-8-9-16)20(29)25-15-6-4-14(5-7-15)17-12-23-13-19(26-17)30-3/h4-7,10-13,16H,8-9H2,1-3H3,(H,25,29)(H,24,27,28). The summed E-state index contributed by atoms with van der Waals surface area (Å²) >= 11 is 1.63. The molecule has 9 heteroatoms. The smallest absolute Gasteiger partial charge is 0.236 e. The van der Waals surface area contributed by atoms with Gasteiger partial charge in [0.05, 0.1) is 36.3 Å². The molecule has 2 heterocycles. The summed E-state index contributed by atoms with van der Waals surface area (Å²) < 4.78 is 8.30. The Kier molecular flexibility index (Phi) is 6.03. The number of hydrogen-bond donors (Lipinski definition) is 2. The van der Waals surface area contributed by atoms with E-state index >= 15 is 0 Å². The Morgan fingerprint density at radius 1 is 1.13 bits per heavy atom. The predicted octanol–water partition coefficient (Wildman–Crippen LogP) is 4.08. The van der Waals surface area contributed by atoms with Gasteiger partial charge in [-0.3, -0.25) is 14.5 Å². The minimum absolute atomic E-state index is 0.152. The van der Waals surface area contributed by atoms with Gasteiger partial charge in [-0.25, -0.2) is 15.0 Å². The molecule has 0 radical (unpaired) electrons. The van der Waals surface area contributed by atoms with Crippen molar-refractivity contribution in [3.63, 3.8) is 0 Å². The average Bonchev–Trinajstić information content (AvgIpc) is 3.63. The lowest BCUT2D eigenvalue weighted by molar-refractivity contribution is -0.120. The molecule has 2 N–H and O–H groups in total. The van der Waals surface area contributed by atoms with Crippen LogP contribution in [0.15, 0.2) is 48.9 Å². The summed E-state index contributed by atoms with van der Waals surface area (Å²) in [5, 5.41) is 3.61. The van der Waals surface area contributed by atoms with Crippen LogP contribution in [0.5, 0.6) is 5.88 Å². The number of aromatic nitrogens is 4. The summed E-state index contributed by atoms with van der Waals surface area (Å²) in [6, 6.07) is 9.21. The number of benzene rings is 1. The van der Waals surface area contributed by atoms with Crippen molar-refractivity contribution < 1.29 is 9.53 Å². The van der Waals surface area contributed by atoms with E-state index in [4.69, 9.17) is 4.74 Å². The van der Waals surface area contributed by atoms with Crippen LogP contribution < -0.4 is 14.8 Å². The van der Waals surface area contributed by atoms with Crippen molar-refractivity contribution in [2.45, 2.75) is 37.4 Å². The molecule has 3 aromatic rings. The molecule has 1 aliphatic carbocycles. The minimum atomic E-state index is -0.833. The summed E-state index contributed by atoms with van der Waals surface area (Å²) in [5.74, 6) is 0.825. The highest BCUT2D eigenvalue weighted by atomic mass is 32.2. The van der Waals surface area contributed by atoms with Crippen molar-refractivity contribution in [1.82, 2.24) is 19.9 Å². The second-order valence-corrected chi connectivity index (χ2v) is 8.89. The molecule has 2 aromatic heterocycles. The molecule has 1 amide bonds. The lowest BCUT2D eigenvalue weighted by atomic mass is 9.88. The van der Waals surface area contributed by atoms with Gasteiger partial charge in [-0.15, -0.1) is 0 Å². The van der Waals surface area contributed by atoms with Crippen molar-refractivity contribution in [3.05, 3.63) is 54.6 Å². The SMILES string of the molecule is COc1cncc(-c2ccc(NC(=O)C(C)(C)c3ccnc(NSC4CC4)n3)cc2)n1. The fourth-order valence-electron chi connectivity index (χ4n) is 2.79. The maximum Gasteiger partial charge on any atom is 0.236 e. The second kappa shape index (κ2) is 8.89. The lowest BCUT2D eigenvalue weighted by Crippen LogP contribution is -2.35. The maximum absolute atomic E-state index is 13.0. The van der Waals surface area contributed by atoms with E-state index in [0.717, 1.165) is 5.56 Å². The molecule has 160 valence electrons. The first-order valence-electron chi connectivity index (χ1n) is 9.99. The third-order valence-corrected chi connectivity index (χ3v) is 6.07. The average molecular weight is 437 g/mol. The lowest BCUT2D eigenvalue weighted by Gasteiger charge is -2.23. The van der Waals surface area contributed by atoms with E-state index in [9.17, 15) is 4.79 Å². The van der Waals surface area contributed by atoms with Gasteiger partial charge in [0.2, 0.25) is 17.7 Å². The second-order valence-electron chi connectivity index (χ2n) is 7.79. The van der Waals surface area contributed by atoms with Crippen molar-refractivity contribution in [2.75, 3.05) is 17.1 Å². The van der Waals surface area contributed by atoms with Crippen LogP contribution in [0, 0.1) is 0 Å². The van der Waals surface area contributed by atoms with Crippen molar-refractivity contribution in [3.8, 4) is 17.1 Å². The molecule has 0 unspecified atom stereocenters. The van der Waals surface area contributed by atoms with E-state index in [-0.39, 0.29) is 5.91 Å². The molecular weight excluding hydrogens is 412 g/mol. The van der Waals surface area contributed by atoms with Gasteiger partial charge in [-0.2, -0.15) is 0 Å². The number of carbonyl (C=O) groups is 1. The summed E-state index contributed by atoms with van der Waals surface area (Å²) in [5.41, 5.74) is 2.09. The normalized spacial score (nSPS) is 13.5. The van der Waals surface area contributed by atoms with Crippen LogP contribution in [0.25, 0.3) is 11.3 Å². The predicted molar refractivity (Wildman–Crippen MR) is 122 cm³/mol. The molecule has 4 rings (SSSR count). The van der Waals surface area contributed by atoms with Gasteiger partial charge in [0, 0.05) is 22.7 Å². The third-order valence-electron chi connectivity index (χ3n) is 4.96. The van der Waals surface area contributed by atoms with Crippen molar-refractivity contribution >= 4 is 29.5 Å². The Morgan fingerprint density at radius 3 is 2.61 bits per heavy atom. The van der Waals surface area contributed by atoms with Crippen LogP contribution in [0.4, 0.5) is 11.6 Å². The zero-order valence-electron chi connectivity index (χ0n) is 17.6. The molecule has 1 aromatic carbocycles. The molecule has 1 aliphatic rings. The highest BCUT2D eigenvalue weighted by Crippen LogP contribution is 2.34. The topological polar surface area (TPSA) is 102 Å². The van der Waals surface area contributed by atoms with Crippen LogP contribution in [0.1, 0.15) is 32.4 Å². The molecule has 0 saturated heterocycles. The molecule has 1 saturated carbocycles.